The highest BCUT2D eigenvalue weighted by atomic mass is 16.5. The van der Waals surface area contributed by atoms with Crippen molar-refractivity contribution in [1.82, 2.24) is 0 Å². The fraction of sp³-hybridized carbons (Fsp3) is 0.0588. The van der Waals surface area contributed by atoms with Crippen LogP contribution in [-0.4, -0.2) is 5.11 Å². The van der Waals surface area contributed by atoms with E-state index in [4.69, 9.17) is 9.15 Å². The van der Waals surface area contributed by atoms with Crippen molar-refractivity contribution in [2.24, 2.45) is 0 Å². The van der Waals surface area contributed by atoms with E-state index in [9.17, 15) is 5.11 Å². The van der Waals surface area contributed by atoms with Crippen LogP contribution in [0.15, 0.2) is 65.5 Å². The number of hydrogen-bond acceptors (Lipinski definition) is 3. The normalized spacial score (nSPS) is 16.9. The number of hydrogen-bond donors (Lipinski definition) is 1. The van der Waals surface area contributed by atoms with Gasteiger partial charge in [0.1, 0.15) is 17.1 Å². The number of fused-ring (bicyclic) bond motifs is 2. The van der Waals surface area contributed by atoms with E-state index >= 15 is 0 Å². The van der Waals surface area contributed by atoms with Crippen LogP contribution in [-0.2, 0) is 0 Å². The predicted octanol–water partition coefficient (Wildman–Crippen LogP) is 4.18. The van der Waals surface area contributed by atoms with Crippen molar-refractivity contribution < 1.29 is 14.3 Å². The molecule has 1 aromatic heterocycles. The maximum atomic E-state index is 9.41. The highest BCUT2D eigenvalue weighted by Gasteiger charge is 2.20. The number of phenols is 1. The Hall–Kier alpha value is -2.68. The number of aromatic hydroxyl groups is 1. The lowest BCUT2D eigenvalue weighted by Crippen LogP contribution is -2.05. The Kier molecular flexibility index (Phi) is 2.33. The smallest absolute Gasteiger partial charge is 0.137 e. The lowest BCUT2D eigenvalue weighted by molar-refractivity contribution is 0.458. The topological polar surface area (TPSA) is 42.6 Å². The molecule has 0 saturated carbocycles. The van der Waals surface area contributed by atoms with Gasteiger partial charge < -0.3 is 14.3 Å². The van der Waals surface area contributed by atoms with Crippen molar-refractivity contribution in [2.45, 2.75) is 5.92 Å². The van der Waals surface area contributed by atoms with Crippen molar-refractivity contribution >= 4 is 11.0 Å². The molecule has 2 heterocycles. The number of furan rings is 1. The second-order valence-electron chi connectivity index (χ2n) is 4.86. The Morgan fingerprint density at radius 1 is 1.00 bits per heavy atom. The molecule has 0 aliphatic carbocycles. The summed E-state index contributed by atoms with van der Waals surface area (Å²) in [5, 5.41) is 10.5. The van der Waals surface area contributed by atoms with Crippen LogP contribution >= 0.6 is 0 Å². The molecular weight excluding hydrogens is 252 g/mol. The summed E-state index contributed by atoms with van der Waals surface area (Å²) < 4.78 is 11.0. The van der Waals surface area contributed by atoms with Gasteiger partial charge in [-0.25, -0.2) is 0 Å². The van der Waals surface area contributed by atoms with Crippen molar-refractivity contribution in [3.05, 3.63) is 72.2 Å². The predicted molar refractivity (Wildman–Crippen MR) is 75.9 cm³/mol. The first kappa shape index (κ1) is 11.2. The molecule has 2 aromatic carbocycles. The number of ether oxygens (including phenoxy) is 1. The van der Waals surface area contributed by atoms with Gasteiger partial charge in [0, 0.05) is 22.9 Å². The first-order valence-corrected chi connectivity index (χ1v) is 6.45. The largest absolute Gasteiger partial charge is 0.508 e. The molecule has 3 aromatic rings. The van der Waals surface area contributed by atoms with E-state index in [1.54, 1.807) is 24.7 Å². The van der Waals surface area contributed by atoms with Gasteiger partial charge >= 0.3 is 0 Å². The zero-order valence-corrected chi connectivity index (χ0v) is 10.6. The van der Waals surface area contributed by atoms with Gasteiger partial charge in [-0.15, -0.1) is 0 Å². The van der Waals surface area contributed by atoms with Crippen LogP contribution in [0, 0.1) is 0 Å². The van der Waals surface area contributed by atoms with Crippen molar-refractivity contribution in [2.75, 3.05) is 0 Å². The molecule has 1 aliphatic heterocycles. The minimum absolute atomic E-state index is 0.124. The number of allylic oxidation sites excluding steroid dienone is 1. The van der Waals surface area contributed by atoms with Crippen molar-refractivity contribution in [3.8, 4) is 11.5 Å². The van der Waals surface area contributed by atoms with Crippen LogP contribution in [0.1, 0.15) is 17.0 Å². The van der Waals surface area contributed by atoms with E-state index in [0.717, 1.165) is 27.8 Å². The Labute approximate surface area is 115 Å². The molecular formula is C17H12O3. The van der Waals surface area contributed by atoms with Crippen LogP contribution in [0.25, 0.3) is 11.0 Å². The van der Waals surface area contributed by atoms with Gasteiger partial charge in [0.2, 0.25) is 0 Å². The molecule has 0 radical (unpaired) electrons. The molecule has 1 unspecified atom stereocenters. The van der Waals surface area contributed by atoms with E-state index in [0.29, 0.717) is 0 Å². The van der Waals surface area contributed by atoms with Crippen molar-refractivity contribution in [1.29, 1.82) is 0 Å². The third kappa shape index (κ3) is 1.67. The standard InChI is InChI=1S/C17H12O3/c18-13-3-1-11(2-4-13)14-6-8-20-17-10-16-12(5-7-19-16)9-15(14)17/h1-10,14,18H. The average molecular weight is 264 g/mol. The van der Waals surface area contributed by atoms with E-state index < -0.39 is 0 Å². The van der Waals surface area contributed by atoms with Crippen LogP contribution in [0.4, 0.5) is 0 Å². The van der Waals surface area contributed by atoms with Gasteiger partial charge in [0.25, 0.3) is 0 Å². The first-order chi connectivity index (χ1) is 9.81. The van der Waals surface area contributed by atoms with Crippen molar-refractivity contribution in [3.63, 3.8) is 0 Å². The third-order valence-electron chi connectivity index (χ3n) is 3.64. The maximum absolute atomic E-state index is 9.41. The summed E-state index contributed by atoms with van der Waals surface area (Å²) in [4.78, 5) is 0. The van der Waals surface area contributed by atoms with Gasteiger partial charge in [-0.1, -0.05) is 12.1 Å². The molecule has 1 N–H and O–H groups in total. The van der Waals surface area contributed by atoms with Gasteiger partial charge in [0.05, 0.1) is 12.5 Å². The third-order valence-corrected chi connectivity index (χ3v) is 3.64. The second kappa shape index (κ2) is 4.17. The minimum atomic E-state index is 0.124. The van der Waals surface area contributed by atoms with E-state index in [2.05, 4.69) is 6.07 Å². The van der Waals surface area contributed by atoms with Crippen LogP contribution in [0.3, 0.4) is 0 Å². The first-order valence-electron chi connectivity index (χ1n) is 6.45. The molecule has 1 atom stereocenters. The molecule has 1 aliphatic rings. The number of benzene rings is 2. The molecule has 3 nitrogen and oxygen atoms in total. The molecule has 4 rings (SSSR count). The fourth-order valence-corrected chi connectivity index (χ4v) is 2.62. The van der Waals surface area contributed by atoms with Gasteiger partial charge in [-0.05, 0) is 35.9 Å². The van der Waals surface area contributed by atoms with E-state index in [-0.39, 0.29) is 11.7 Å². The zero-order chi connectivity index (χ0) is 13.5. The Balaban J connectivity index is 1.88. The molecule has 0 spiro atoms. The summed E-state index contributed by atoms with van der Waals surface area (Å²) in [5.74, 6) is 1.21. The quantitative estimate of drug-likeness (QED) is 0.717. The lowest BCUT2D eigenvalue weighted by atomic mass is 9.89. The van der Waals surface area contributed by atoms with Gasteiger partial charge in [0.15, 0.2) is 0 Å². The minimum Gasteiger partial charge on any atom is -0.508 e. The summed E-state index contributed by atoms with van der Waals surface area (Å²) in [6.45, 7) is 0. The Bertz CT molecular complexity index is 797. The highest BCUT2D eigenvalue weighted by Crippen LogP contribution is 2.39. The summed E-state index contributed by atoms with van der Waals surface area (Å²) in [5.41, 5.74) is 3.04. The molecule has 0 amide bonds. The summed E-state index contributed by atoms with van der Waals surface area (Å²) in [6, 6.07) is 13.2. The van der Waals surface area contributed by atoms with E-state index in [1.165, 1.54) is 0 Å². The highest BCUT2D eigenvalue weighted by molar-refractivity contribution is 5.81. The van der Waals surface area contributed by atoms with Gasteiger partial charge in [-0.3, -0.25) is 0 Å². The summed E-state index contributed by atoms with van der Waals surface area (Å²) in [6.07, 6.45) is 5.40. The molecule has 0 bridgehead atoms. The van der Waals surface area contributed by atoms with Crippen LogP contribution in [0.5, 0.6) is 11.5 Å². The van der Waals surface area contributed by atoms with Crippen LogP contribution in [0.2, 0.25) is 0 Å². The SMILES string of the molecule is Oc1ccc(C2C=COc3cc4occc4cc32)cc1. The average Bonchev–Trinajstić information content (AvgIpc) is 2.92. The Morgan fingerprint density at radius 3 is 2.70 bits per heavy atom. The summed E-state index contributed by atoms with van der Waals surface area (Å²) >= 11 is 0. The monoisotopic (exact) mass is 264 g/mol. The van der Waals surface area contributed by atoms with E-state index in [1.807, 2.05) is 30.3 Å². The zero-order valence-electron chi connectivity index (χ0n) is 10.6. The molecule has 0 fully saturated rings. The van der Waals surface area contributed by atoms with Gasteiger partial charge in [-0.2, -0.15) is 0 Å². The Morgan fingerprint density at radius 2 is 1.85 bits per heavy atom. The molecule has 20 heavy (non-hydrogen) atoms. The van der Waals surface area contributed by atoms with Crippen LogP contribution < -0.4 is 4.74 Å². The molecule has 98 valence electrons. The number of phenolic OH excluding ortho intramolecular Hbond substituents is 1. The fourth-order valence-electron chi connectivity index (χ4n) is 2.62. The second-order valence-corrected chi connectivity index (χ2v) is 4.86. The molecule has 0 saturated heterocycles. The lowest BCUT2D eigenvalue weighted by Gasteiger charge is -2.21. The molecule has 3 heteroatoms. The number of rotatable bonds is 1. The summed E-state index contributed by atoms with van der Waals surface area (Å²) in [7, 11) is 0. The maximum Gasteiger partial charge on any atom is 0.137 e.